The number of nitrogens with one attached hydrogen (secondary N) is 2. The molecule has 116 valence electrons. The van der Waals surface area contributed by atoms with Crippen LogP contribution < -0.4 is 15.4 Å². The van der Waals surface area contributed by atoms with Crippen LogP contribution in [0.3, 0.4) is 0 Å². The van der Waals surface area contributed by atoms with Crippen molar-refractivity contribution in [1.29, 1.82) is 0 Å². The summed E-state index contributed by atoms with van der Waals surface area (Å²) in [4.78, 5) is 11.9. The summed E-state index contributed by atoms with van der Waals surface area (Å²) in [5.41, 5.74) is 1.85. The van der Waals surface area contributed by atoms with Gasteiger partial charge in [0.05, 0.1) is 13.7 Å². The van der Waals surface area contributed by atoms with Gasteiger partial charge < -0.3 is 19.9 Å². The van der Waals surface area contributed by atoms with E-state index in [0.29, 0.717) is 18.2 Å². The average Bonchev–Trinajstić information content (AvgIpc) is 3.16. The van der Waals surface area contributed by atoms with E-state index in [1.54, 1.807) is 13.2 Å². The van der Waals surface area contributed by atoms with Crippen LogP contribution in [0.5, 0.6) is 5.75 Å². The largest absolute Gasteiger partial charge is 0.496 e. The summed E-state index contributed by atoms with van der Waals surface area (Å²) in [6.07, 6.45) is 0.927. The third kappa shape index (κ3) is 3.21. The molecule has 1 fully saturated rings. The number of hydrogen-bond donors (Lipinski definition) is 2. The predicted molar refractivity (Wildman–Crippen MR) is 80.8 cm³/mol. The molecule has 6 nitrogen and oxygen atoms in total. The van der Waals surface area contributed by atoms with Crippen molar-refractivity contribution >= 4 is 6.03 Å². The Morgan fingerprint density at radius 3 is 3.00 bits per heavy atom. The summed E-state index contributed by atoms with van der Waals surface area (Å²) in [7, 11) is 1.66. The molecule has 0 aliphatic heterocycles. The average molecular weight is 301 g/mol. The van der Waals surface area contributed by atoms with Gasteiger partial charge in [0.25, 0.3) is 0 Å². The van der Waals surface area contributed by atoms with Crippen LogP contribution in [0.2, 0.25) is 0 Å². The molecule has 1 saturated carbocycles. The Morgan fingerprint density at radius 1 is 1.45 bits per heavy atom. The lowest BCUT2D eigenvalue weighted by molar-refractivity contribution is 0.239. The third-order valence-corrected chi connectivity index (χ3v) is 3.75. The minimum absolute atomic E-state index is 0.148. The summed E-state index contributed by atoms with van der Waals surface area (Å²) >= 11 is 0. The zero-order chi connectivity index (χ0) is 15.5. The fourth-order valence-electron chi connectivity index (χ4n) is 2.56. The maximum Gasteiger partial charge on any atom is 0.315 e. The number of aromatic nitrogens is 1. The Hall–Kier alpha value is -2.50. The van der Waals surface area contributed by atoms with Crippen LogP contribution in [0.15, 0.2) is 34.9 Å². The summed E-state index contributed by atoms with van der Waals surface area (Å²) in [5.74, 6) is 1.92. The van der Waals surface area contributed by atoms with Gasteiger partial charge in [0.1, 0.15) is 17.2 Å². The number of amides is 2. The number of rotatable bonds is 5. The van der Waals surface area contributed by atoms with E-state index in [0.717, 1.165) is 23.5 Å². The Kier molecular flexibility index (Phi) is 4.00. The van der Waals surface area contributed by atoms with E-state index in [1.807, 2.05) is 31.2 Å². The molecular formula is C16H19N3O3. The highest BCUT2D eigenvalue weighted by Crippen LogP contribution is 2.44. The van der Waals surface area contributed by atoms with Crippen molar-refractivity contribution in [3.8, 4) is 5.75 Å². The number of hydrogen-bond acceptors (Lipinski definition) is 4. The zero-order valence-electron chi connectivity index (χ0n) is 12.6. The molecule has 22 heavy (non-hydrogen) atoms. The summed E-state index contributed by atoms with van der Waals surface area (Å²) in [6.45, 7) is 2.17. The van der Waals surface area contributed by atoms with Gasteiger partial charge in [-0.05, 0) is 25.0 Å². The molecule has 2 N–H and O–H groups in total. The number of carbonyl (C=O) groups excluding carboxylic acids is 1. The number of aryl methyl sites for hydroxylation is 1. The van der Waals surface area contributed by atoms with Gasteiger partial charge in [0.15, 0.2) is 0 Å². The number of ether oxygens (including phenoxy) is 1. The predicted octanol–water partition coefficient (Wildman–Crippen LogP) is 2.35. The monoisotopic (exact) mass is 301 g/mol. The number of urea groups is 1. The van der Waals surface area contributed by atoms with Crippen LogP contribution in [0.4, 0.5) is 4.79 Å². The number of nitrogens with zero attached hydrogens (tertiary/aromatic N) is 1. The van der Waals surface area contributed by atoms with Crippen molar-refractivity contribution in [1.82, 2.24) is 15.8 Å². The number of methoxy groups -OCH3 is 1. The van der Waals surface area contributed by atoms with Crippen LogP contribution in [-0.2, 0) is 6.54 Å². The topological polar surface area (TPSA) is 76.4 Å². The molecule has 1 aliphatic carbocycles. The molecule has 2 aromatic rings. The second-order valence-corrected chi connectivity index (χ2v) is 5.45. The van der Waals surface area contributed by atoms with Crippen LogP contribution in [0.25, 0.3) is 0 Å². The molecule has 0 saturated heterocycles. The number of benzene rings is 1. The van der Waals surface area contributed by atoms with E-state index >= 15 is 0 Å². The first-order chi connectivity index (χ1) is 10.7. The minimum atomic E-state index is -0.192. The molecule has 0 bridgehead atoms. The first-order valence-electron chi connectivity index (χ1n) is 7.27. The lowest BCUT2D eigenvalue weighted by Crippen LogP contribution is -2.37. The van der Waals surface area contributed by atoms with Gasteiger partial charge >= 0.3 is 6.03 Å². The molecule has 1 aliphatic rings. The number of carbonyl (C=O) groups is 1. The van der Waals surface area contributed by atoms with Crippen molar-refractivity contribution in [2.24, 2.45) is 0 Å². The van der Waals surface area contributed by atoms with Crippen LogP contribution in [0.1, 0.15) is 29.4 Å². The Morgan fingerprint density at radius 2 is 2.27 bits per heavy atom. The molecular weight excluding hydrogens is 282 g/mol. The number of para-hydroxylation sites is 1. The zero-order valence-corrected chi connectivity index (χ0v) is 12.6. The highest BCUT2D eigenvalue weighted by atomic mass is 16.5. The summed E-state index contributed by atoms with van der Waals surface area (Å²) in [5, 5.41) is 9.58. The van der Waals surface area contributed by atoms with E-state index in [9.17, 15) is 4.79 Å². The second-order valence-electron chi connectivity index (χ2n) is 5.45. The van der Waals surface area contributed by atoms with Crippen molar-refractivity contribution in [3.05, 3.63) is 47.3 Å². The van der Waals surface area contributed by atoms with Crippen LogP contribution >= 0.6 is 0 Å². The van der Waals surface area contributed by atoms with E-state index in [4.69, 9.17) is 9.26 Å². The molecule has 6 heteroatoms. The molecule has 0 radical (unpaired) electrons. The van der Waals surface area contributed by atoms with Crippen molar-refractivity contribution in [2.45, 2.75) is 31.8 Å². The molecule has 1 aromatic heterocycles. The van der Waals surface area contributed by atoms with Crippen molar-refractivity contribution < 1.29 is 14.1 Å². The minimum Gasteiger partial charge on any atom is -0.496 e. The Balaban J connectivity index is 1.49. The van der Waals surface area contributed by atoms with E-state index in [2.05, 4.69) is 15.8 Å². The maximum absolute atomic E-state index is 11.9. The van der Waals surface area contributed by atoms with Gasteiger partial charge in [-0.3, -0.25) is 0 Å². The smallest absolute Gasteiger partial charge is 0.315 e. The highest BCUT2D eigenvalue weighted by molar-refractivity contribution is 5.75. The van der Waals surface area contributed by atoms with Crippen molar-refractivity contribution in [3.63, 3.8) is 0 Å². The van der Waals surface area contributed by atoms with E-state index in [-0.39, 0.29) is 12.1 Å². The quantitative estimate of drug-likeness (QED) is 0.888. The Bertz CT molecular complexity index is 668. The SMILES string of the molecule is COc1ccccc1[C@H]1C[C@H]1NC(=O)NCc1cc(C)on1. The van der Waals surface area contributed by atoms with Gasteiger partial charge in [-0.1, -0.05) is 23.4 Å². The first kappa shape index (κ1) is 14.4. The summed E-state index contributed by atoms with van der Waals surface area (Å²) in [6, 6.07) is 9.67. The van der Waals surface area contributed by atoms with Gasteiger partial charge in [0.2, 0.25) is 0 Å². The highest BCUT2D eigenvalue weighted by Gasteiger charge is 2.41. The standard InChI is InChI=1S/C16H19N3O3/c1-10-7-11(19-22-10)9-17-16(20)18-14-8-13(14)12-5-3-4-6-15(12)21-2/h3-7,13-14H,8-9H2,1-2H3,(H2,17,18,20)/t13-,14-/m1/s1. The molecule has 3 rings (SSSR count). The van der Waals surface area contributed by atoms with Crippen molar-refractivity contribution in [2.75, 3.05) is 7.11 Å². The van der Waals surface area contributed by atoms with Gasteiger partial charge in [-0.2, -0.15) is 0 Å². The first-order valence-corrected chi connectivity index (χ1v) is 7.27. The third-order valence-electron chi connectivity index (χ3n) is 3.75. The van der Waals surface area contributed by atoms with E-state index < -0.39 is 0 Å². The van der Waals surface area contributed by atoms with Gasteiger partial charge in [0, 0.05) is 18.0 Å². The van der Waals surface area contributed by atoms with Crippen LogP contribution in [-0.4, -0.2) is 24.3 Å². The van der Waals surface area contributed by atoms with Gasteiger partial charge in [-0.15, -0.1) is 0 Å². The van der Waals surface area contributed by atoms with Gasteiger partial charge in [-0.25, -0.2) is 4.79 Å². The molecule has 0 spiro atoms. The molecule has 1 heterocycles. The molecule has 1 aromatic carbocycles. The Labute approximate surface area is 128 Å². The normalized spacial score (nSPS) is 19.5. The van der Waals surface area contributed by atoms with E-state index in [1.165, 1.54) is 0 Å². The molecule has 2 atom stereocenters. The fourth-order valence-corrected chi connectivity index (χ4v) is 2.56. The maximum atomic E-state index is 11.9. The lowest BCUT2D eigenvalue weighted by atomic mass is 10.1. The lowest BCUT2D eigenvalue weighted by Gasteiger charge is -2.09. The second kappa shape index (κ2) is 6.09. The van der Waals surface area contributed by atoms with Crippen LogP contribution in [0, 0.1) is 6.92 Å². The summed E-state index contributed by atoms with van der Waals surface area (Å²) < 4.78 is 10.3. The molecule has 0 unspecified atom stereocenters. The molecule has 2 amide bonds. The fraction of sp³-hybridized carbons (Fsp3) is 0.375.